The molecule has 36 heavy (non-hydrogen) atoms. The van der Waals surface area contributed by atoms with Crippen molar-refractivity contribution in [1.29, 1.82) is 0 Å². The summed E-state index contributed by atoms with van der Waals surface area (Å²) in [5.41, 5.74) is 4.66. The zero-order valence-electron chi connectivity index (χ0n) is 22.7. The molecule has 0 bridgehead atoms. The van der Waals surface area contributed by atoms with Crippen molar-refractivity contribution in [2.45, 2.75) is 92.6 Å². The van der Waals surface area contributed by atoms with Crippen molar-refractivity contribution in [3.05, 3.63) is 60.9 Å². The number of unbranched alkanes of at least 4 members (excludes halogenated alkanes) is 3. The van der Waals surface area contributed by atoms with E-state index in [1.54, 1.807) is 3.58 Å². The summed E-state index contributed by atoms with van der Waals surface area (Å²) in [6.45, 7) is 11.0. The van der Waals surface area contributed by atoms with Crippen molar-refractivity contribution >= 4 is 33.0 Å². The molecule has 3 aromatic heterocycles. The van der Waals surface area contributed by atoms with E-state index in [2.05, 4.69) is 71.1 Å². The fraction of sp³-hybridized carbons (Fsp3) is 0.500. The van der Waals surface area contributed by atoms with Crippen molar-refractivity contribution < 1.29 is 0 Å². The van der Waals surface area contributed by atoms with Gasteiger partial charge in [-0.3, -0.25) is 0 Å². The molecule has 0 N–H and O–H groups in total. The van der Waals surface area contributed by atoms with Crippen molar-refractivity contribution in [2.75, 3.05) is 0 Å². The van der Waals surface area contributed by atoms with E-state index in [0.29, 0.717) is 0 Å². The van der Waals surface area contributed by atoms with Crippen molar-refractivity contribution in [3.8, 4) is 11.4 Å². The molecule has 0 unspecified atom stereocenters. The molecule has 4 aromatic rings. The van der Waals surface area contributed by atoms with Gasteiger partial charge in [0, 0.05) is 0 Å². The van der Waals surface area contributed by atoms with E-state index < -0.39 is 18.4 Å². The molecule has 0 atom stereocenters. The van der Waals surface area contributed by atoms with Gasteiger partial charge in [0.25, 0.3) is 0 Å². The van der Waals surface area contributed by atoms with Gasteiger partial charge in [0.1, 0.15) is 0 Å². The van der Waals surface area contributed by atoms with Crippen LogP contribution in [0.5, 0.6) is 0 Å². The van der Waals surface area contributed by atoms with E-state index in [1.165, 1.54) is 57.4 Å². The van der Waals surface area contributed by atoms with Crippen molar-refractivity contribution in [3.63, 3.8) is 0 Å². The normalized spacial score (nSPS) is 12.0. The molecule has 3 heterocycles. The molecule has 0 aliphatic rings. The number of pyridine rings is 1. The van der Waals surface area contributed by atoms with E-state index in [-0.39, 0.29) is 0 Å². The van der Waals surface area contributed by atoms with Crippen LogP contribution >= 0.6 is 0 Å². The zero-order chi connectivity index (χ0) is 25.4. The Bertz CT molecular complexity index is 1210. The molecular formula is C30H43N5Sn. The van der Waals surface area contributed by atoms with Gasteiger partial charge >= 0.3 is 222 Å². The van der Waals surface area contributed by atoms with E-state index in [1.807, 2.05) is 31.1 Å². The number of nitrogens with zero attached hydrogens (tertiary/aromatic N) is 5. The molecule has 0 radical (unpaired) electrons. The van der Waals surface area contributed by atoms with Crippen LogP contribution in [0.25, 0.3) is 22.4 Å². The summed E-state index contributed by atoms with van der Waals surface area (Å²) < 4.78 is 10.7. The Balaban J connectivity index is 1.75. The average Bonchev–Trinajstić information content (AvgIpc) is 3.55. The SMILES string of the molecule is CCC[CH2][Sn]([CH2]CCC)([CH2]CCC)[c]1ccc2nc(-c3cncc(Cn4ccnc4)c3)n(CC)c2c1. The van der Waals surface area contributed by atoms with Crippen LogP contribution in [0, 0.1) is 0 Å². The summed E-state index contributed by atoms with van der Waals surface area (Å²) in [6, 6.07) is 9.59. The van der Waals surface area contributed by atoms with E-state index >= 15 is 0 Å². The molecule has 192 valence electrons. The van der Waals surface area contributed by atoms with Gasteiger partial charge in [-0.05, 0) is 0 Å². The predicted molar refractivity (Wildman–Crippen MR) is 154 cm³/mol. The molecule has 0 fully saturated rings. The first-order chi connectivity index (χ1) is 17.6. The average molecular weight is 592 g/mol. The number of rotatable bonds is 14. The van der Waals surface area contributed by atoms with Crippen LogP contribution in [0.3, 0.4) is 0 Å². The fourth-order valence-electron chi connectivity index (χ4n) is 5.63. The molecule has 5 nitrogen and oxygen atoms in total. The summed E-state index contributed by atoms with van der Waals surface area (Å²) >= 11 is -2.50. The predicted octanol–water partition coefficient (Wildman–Crippen LogP) is 7.42. The second-order valence-electron chi connectivity index (χ2n) is 10.3. The van der Waals surface area contributed by atoms with E-state index in [0.717, 1.165) is 35.6 Å². The Labute approximate surface area is 221 Å². The van der Waals surface area contributed by atoms with E-state index in [4.69, 9.17) is 4.98 Å². The maximum atomic E-state index is 5.13. The third-order valence-electron chi connectivity index (χ3n) is 7.68. The van der Waals surface area contributed by atoms with Gasteiger partial charge in [-0.15, -0.1) is 0 Å². The van der Waals surface area contributed by atoms with Gasteiger partial charge in [-0.25, -0.2) is 0 Å². The van der Waals surface area contributed by atoms with Gasteiger partial charge in [0.2, 0.25) is 0 Å². The summed E-state index contributed by atoms with van der Waals surface area (Å²) in [7, 11) is 0. The minimum absolute atomic E-state index is 0.764. The third-order valence-corrected chi connectivity index (χ3v) is 23.3. The zero-order valence-corrected chi connectivity index (χ0v) is 25.6. The van der Waals surface area contributed by atoms with Gasteiger partial charge in [-0.1, -0.05) is 0 Å². The first-order valence-electron chi connectivity index (χ1n) is 14.0. The molecule has 0 spiro atoms. The fourth-order valence-corrected chi connectivity index (χ4v) is 21.6. The molecule has 0 aliphatic heterocycles. The summed E-state index contributed by atoms with van der Waals surface area (Å²) in [6.07, 6.45) is 17.6. The second kappa shape index (κ2) is 12.9. The molecule has 1 aromatic carbocycles. The van der Waals surface area contributed by atoms with Gasteiger partial charge < -0.3 is 0 Å². The first-order valence-corrected chi connectivity index (χ1v) is 21.5. The maximum absolute atomic E-state index is 5.13. The Morgan fingerprint density at radius 3 is 2.17 bits per heavy atom. The number of benzene rings is 1. The molecule has 0 aliphatic carbocycles. The number of aryl methyl sites for hydroxylation is 1. The van der Waals surface area contributed by atoms with Crippen LogP contribution in [0.1, 0.15) is 71.8 Å². The Morgan fingerprint density at radius 1 is 0.833 bits per heavy atom. The first kappa shape index (κ1) is 26.9. The van der Waals surface area contributed by atoms with Crippen LogP contribution in [-0.2, 0) is 13.1 Å². The van der Waals surface area contributed by atoms with Gasteiger partial charge in [-0.2, -0.15) is 0 Å². The molecule has 0 amide bonds. The number of hydrogen-bond donors (Lipinski definition) is 0. The van der Waals surface area contributed by atoms with Crippen molar-refractivity contribution in [2.24, 2.45) is 0 Å². The van der Waals surface area contributed by atoms with Crippen LogP contribution in [0.2, 0.25) is 13.3 Å². The Kier molecular flexibility index (Phi) is 9.63. The Morgan fingerprint density at radius 2 is 1.56 bits per heavy atom. The number of aromatic nitrogens is 5. The van der Waals surface area contributed by atoms with Crippen LogP contribution in [-0.4, -0.2) is 42.5 Å². The monoisotopic (exact) mass is 593 g/mol. The number of fused-ring (bicyclic) bond motifs is 1. The molecule has 6 heteroatoms. The quantitative estimate of drug-likeness (QED) is 0.143. The van der Waals surface area contributed by atoms with Crippen molar-refractivity contribution in [1.82, 2.24) is 24.1 Å². The molecule has 0 saturated carbocycles. The van der Waals surface area contributed by atoms with Crippen LogP contribution in [0.15, 0.2) is 55.4 Å². The summed E-state index contributed by atoms with van der Waals surface area (Å²) in [4.78, 5) is 13.9. The topological polar surface area (TPSA) is 48.5 Å². The standard InChI is InChI=1S/C18H16N5.3C4H9.Sn/c1-2-23-17-6-4-3-5-16(17)21-18(23)15-9-14(10-20-11-15)12-22-8-7-19-13-22;3*1-3-4-2;/h3,5-11,13H,2,12H2,1H3;3*1,3-4H2,2H3;. The third kappa shape index (κ3) is 6.04. The molecule has 4 rings (SSSR count). The van der Waals surface area contributed by atoms with Gasteiger partial charge in [0.15, 0.2) is 0 Å². The van der Waals surface area contributed by atoms with Gasteiger partial charge in [0.05, 0.1) is 0 Å². The number of hydrogen-bond acceptors (Lipinski definition) is 3. The Hall–Kier alpha value is -2.15. The summed E-state index contributed by atoms with van der Waals surface area (Å²) in [5.74, 6) is 1.03. The molecule has 0 saturated heterocycles. The van der Waals surface area contributed by atoms with E-state index in [9.17, 15) is 0 Å². The van der Waals surface area contributed by atoms with Crippen LogP contribution < -0.4 is 3.58 Å². The molecular weight excluding hydrogens is 549 g/mol. The van der Waals surface area contributed by atoms with Crippen LogP contribution in [0.4, 0.5) is 0 Å². The second-order valence-corrected chi connectivity index (χ2v) is 23.5. The minimum atomic E-state index is -2.50. The summed E-state index contributed by atoms with van der Waals surface area (Å²) in [5, 5.41) is 0. The number of imidazole rings is 2.